The van der Waals surface area contributed by atoms with Crippen molar-refractivity contribution in [2.75, 3.05) is 22.8 Å². The molecule has 0 bridgehead atoms. The van der Waals surface area contributed by atoms with Crippen molar-refractivity contribution in [1.29, 1.82) is 0 Å². The van der Waals surface area contributed by atoms with Crippen LogP contribution in [0.2, 0.25) is 0 Å². The van der Waals surface area contributed by atoms with E-state index in [1.54, 1.807) is 19.1 Å². The highest BCUT2D eigenvalue weighted by Crippen LogP contribution is 2.43. The first-order valence-electron chi connectivity index (χ1n) is 10.7. The number of rotatable bonds is 5. The molecule has 1 saturated heterocycles. The van der Waals surface area contributed by atoms with Gasteiger partial charge in [0.2, 0.25) is 15.9 Å². The molecule has 4 amide bonds. The Morgan fingerprint density at radius 1 is 1.22 bits per heavy atom. The predicted octanol–water partition coefficient (Wildman–Crippen LogP) is 2.83. The Balaban J connectivity index is 1.65. The Hall–Kier alpha value is -2.62. The van der Waals surface area contributed by atoms with Crippen LogP contribution in [-0.4, -0.2) is 49.5 Å². The molecule has 1 saturated carbocycles. The van der Waals surface area contributed by atoms with E-state index in [-0.39, 0.29) is 11.3 Å². The van der Waals surface area contributed by atoms with Crippen molar-refractivity contribution >= 4 is 39.2 Å². The van der Waals surface area contributed by atoms with Crippen LogP contribution in [0.3, 0.4) is 0 Å². The molecule has 0 atom stereocenters. The lowest BCUT2D eigenvalue weighted by Gasteiger charge is -2.40. The maximum absolute atomic E-state index is 13.1. The number of nitrogens with zero attached hydrogens (tertiary/aromatic N) is 1. The molecule has 176 valence electrons. The summed E-state index contributed by atoms with van der Waals surface area (Å²) in [6.07, 6.45) is 3.86. The van der Waals surface area contributed by atoms with Crippen LogP contribution < -0.4 is 15.4 Å². The van der Waals surface area contributed by atoms with Gasteiger partial charge in [-0.15, -0.1) is 0 Å². The lowest BCUT2D eigenvalue weighted by atomic mass is 9.67. The number of imide groups is 1. The third-order valence-electron chi connectivity index (χ3n) is 6.43. The molecule has 32 heavy (non-hydrogen) atoms. The van der Waals surface area contributed by atoms with Crippen LogP contribution in [0, 0.1) is 18.3 Å². The highest BCUT2D eigenvalue weighted by Gasteiger charge is 2.53. The van der Waals surface area contributed by atoms with Crippen molar-refractivity contribution in [2.24, 2.45) is 11.3 Å². The molecular weight excluding hydrogens is 432 g/mol. The average molecular weight is 465 g/mol. The van der Waals surface area contributed by atoms with E-state index in [0.29, 0.717) is 35.7 Å². The number of sulfonamides is 1. The molecule has 2 fully saturated rings. The van der Waals surface area contributed by atoms with Crippen LogP contribution in [0.25, 0.3) is 0 Å². The molecule has 9 nitrogen and oxygen atoms in total. The number of hydrogen-bond acceptors (Lipinski definition) is 5. The van der Waals surface area contributed by atoms with E-state index in [1.165, 1.54) is 6.07 Å². The first-order chi connectivity index (χ1) is 14.7. The highest BCUT2D eigenvalue weighted by molar-refractivity contribution is 7.92. The zero-order valence-corrected chi connectivity index (χ0v) is 20.1. The second-order valence-electron chi connectivity index (χ2n) is 10.00. The van der Waals surface area contributed by atoms with Gasteiger partial charge in [-0.2, -0.15) is 0 Å². The number of aryl methyl sites for hydroxylation is 1. The van der Waals surface area contributed by atoms with Gasteiger partial charge in [0.25, 0.3) is 5.91 Å². The minimum atomic E-state index is -3.48. The number of nitrogens with one attached hydrogen (secondary N) is 3. The molecule has 1 aromatic carbocycles. The molecule has 0 radical (unpaired) electrons. The maximum Gasteiger partial charge on any atom is 0.325 e. The monoisotopic (exact) mass is 464 g/mol. The van der Waals surface area contributed by atoms with Crippen LogP contribution in [0.1, 0.15) is 52.0 Å². The lowest BCUT2D eigenvalue weighted by Crippen LogP contribution is -2.50. The number of urea groups is 1. The highest BCUT2D eigenvalue weighted by atomic mass is 32.2. The summed E-state index contributed by atoms with van der Waals surface area (Å²) >= 11 is 0. The van der Waals surface area contributed by atoms with E-state index >= 15 is 0 Å². The topological polar surface area (TPSA) is 125 Å². The summed E-state index contributed by atoms with van der Waals surface area (Å²) in [4.78, 5) is 39.1. The largest absolute Gasteiger partial charge is 0.325 e. The first-order valence-corrected chi connectivity index (χ1v) is 12.6. The predicted molar refractivity (Wildman–Crippen MR) is 123 cm³/mol. The van der Waals surface area contributed by atoms with Gasteiger partial charge in [0.15, 0.2) is 0 Å². The van der Waals surface area contributed by atoms with Crippen LogP contribution >= 0.6 is 0 Å². The van der Waals surface area contributed by atoms with Gasteiger partial charge in [-0.25, -0.2) is 13.2 Å². The summed E-state index contributed by atoms with van der Waals surface area (Å²) in [5.41, 5.74) is 0.616. The zero-order valence-electron chi connectivity index (χ0n) is 19.2. The summed E-state index contributed by atoms with van der Waals surface area (Å²) in [5.74, 6) is -0.414. The van der Waals surface area contributed by atoms with Gasteiger partial charge < -0.3 is 10.6 Å². The van der Waals surface area contributed by atoms with Crippen LogP contribution in [-0.2, 0) is 19.6 Å². The summed E-state index contributed by atoms with van der Waals surface area (Å²) in [6.45, 7) is 7.88. The SMILES string of the molecule is Cc1ccc(NC(=O)CN2C(=O)NC3(CCC(C(C)(C)C)CC3)C2=O)cc1NS(C)(=O)=O. The van der Waals surface area contributed by atoms with Crippen LogP contribution in [0.5, 0.6) is 0 Å². The van der Waals surface area contributed by atoms with Gasteiger partial charge in [0, 0.05) is 5.69 Å². The smallest absolute Gasteiger partial charge is 0.324 e. The molecule has 1 heterocycles. The summed E-state index contributed by atoms with van der Waals surface area (Å²) in [7, 11) is -3.48. The summed E-state index contributed by atoms with van der Waals surface area (Å²) in [6, 6.07) is 4.24. The number of anilines is 2. The first kappa shape index (κ1) is 24.0. The summed E-state index contributed by atoms with van der Waals surface area (Å²) in [5, 5.41) is 5.47. The molecule has 3 N–H and O–H groups in total. The summed E-state index contributed by atoms with van der Waals surface area (Å²) < 4.78 is 25.4. The number of amides is 4. The van der Waals surface area contributed by atoms with E-state index in [1.807, 2.05) is 0 Å². The van der Waals surface area contributed by atoms with Gasteiger partial charge in [-0.05, 0) is 61.6 Å². The van der Waals surface area contributed by atoms with Crippen molar-refractivity contribution in [2.45, 2.75) is 58.9 Å². The fraction of sp³-hybridized carbons (Fsp3) is 0.591. The maximum atomic E-state index is 13.1. The molecule has 3 rings (SSSR count). The number of hydrogen-bond donors (Lipinski definition) is 3. The molecule has 1 aromatic rings. The molecule has 1 spiro atoms. The third-order valence-corrected chi connectivity index (χ3v) is 7.02. The van der Waals surface area contributed by atoms with Gasteiger partial charge in [-0.1, -0.05) is 26.8 Å². The second kappa shape index (κ2) is 8.38. The molecule has 10 heteroatoms. The van der Waals surface area contributed by atoms with Gasteiger partial charge >= 0.3 is 6.03 Å². The van der Waals surface area contributed by atoms with E-state index < -0.39 is 34.0 Å². The van der Waals surface area contributed by atoms with Gasteiger partial charge in [0.05, 0.1) is 11.9 Å². The fourth-order valence-electron chi connectivity index (χ4n) is 4.49. The van der Waals surface area contributed by atoms with Crippen molar-refractivity contribution in [1.82, 2.24) is 10.2 Å². The fourth-order valence-corrected chi connectivity index (χ4v) is 5.11. The third kappa shape index (κ3) is 5.23. The van der Waals surface area contributed by atoms with E-state index in [2.05, 4.69) is 36.1 Å². The van der Waals surface area contributed by atoms with Crippen molar-refractivity contribution in [3.05, 3.63) is 23.8 Å². The quantitative estimate of drug-likeness (QED) is 0.578. The minimum absolute atomic E-state index is 0.145. The number of benzene rings is 1. The van der Waals surface area contributed by atoms with Gasteiger partial charge in [0.1, 0.15) is 12.1 Å². The number of carbonyl (C=O) groups excluding carboxylic acids is 3. The van der Waals surface area contributed by atoms with E-state index in [4.69, 9.17) is 0 Å². The van der Waals surface area contributed by atoms with Crippen LogP contribution in [0.15, 0.2) is 18.2 Å². The second-order valence-corrected chi connectivity index (χ2v) is 11.7. The molecular formula is C22H32N4O5S. The Morgan fingerprint density at radius 2 is 1.84 bits per heavy atom. The zero-order chi connectivity index (χ0) is 23.9. The minimum Gasteiger partial charge on any atom is -0.324 e. The Morgan fingerprint density at radius 3 is 2.41 bits per heavy atom. The lowest BCUT2D eigenvalue weighted by molar-refractivity contribution is -0.135. The molecule has 1 aliphatic carbocycles. The normalized spacial score (nSPS) is 23.9. The van der Waals surface area contributed by atoms with Gasteiger partial charge in [-0.3, -0.25) is 19.2 Å². The van der Waals surface area contributed by atoms with Crippen LogP contribution in [0.4, 0.5) is 16.2 Å². The Labute approximate surface area is 189 Å². The molecule has 0 unspecified atom stereocenters. The molecule has 2 aliphatic rings. The molecule has 0 aromatic heterocycles. The van der Waals surface area contributed by atoms with Crippen molar-refractivity contribution < 1.29 is 22.8 Å². The van der Waals surface area contributed by atoms with E-state index in [0.717, 1.165) is 24.0 Å². The average Bonchev–Trinajstić information content (AvgIpc) is 2.87. The Bertz CT molecular complexity index is 1040. The Kier molecular flexibility index (Phi) is 6.29. The number of carbonyl (C=O) groups is 3. The van der Waals surface area contributed by atoms with Crippen molar-refractivity contribution in [3.63, 3.8) is 0 Å². The van der Waals surface area contributed by atoms with Crippen molar-refractivity contribution in [3.8, 4) is 0 Å². The van der Waals surface area contributed by atoms with E-state index in [9.17, 15) is 22.8 Å². The standard InChI is InChI=1S/C22H32N4O5S/c1-14-6-7-16(12-17(14)25-32(5,30)31)23-18(27)13-26-19(28)22(24-20(26)29)10-8-15(9-11-22)21(2,3)4/h6-7,12,15,25H,8-11,13H2,1-5H3,(H,23,27)(H,24,29). The molecule has 1 aliphatic heterocycles.